The van der Waals surface area contributed by atoms with E-state index >= 15 is 0 Å². The second-order valence-electron chi connectivity index (χ2n) is 30.2. The molecule has 0 rings (SSSR count). The maximum absolute atomic E-state index is 13.1. The summed E-state index contributed by atoms with van der Waals surface area (Å²) in [5.74, 6) is -2.10. The summed E-state index contributed by atoms with van der Waals surface area (Å²) in [6.45, 7) is 5.05. The van der Waals surface area contributed by atoms with Gasteiger partial charge in [0.1, 0.15) is 19.3 Å². The molecule has 0 aromatic rings. The first-order chi connectivity index (χ1) is 50.2. The first-order valence-electron chi connectivity index (χ1n) is 43.8. The molecule has 3 N–H and O–H groups in total. The molecule has 17 nitrogen and oxygen atoms in total. The van der Waals surface area contributed by atoms with E-state index in [-0.39, 0.29) is 25.7 Å². The fourth-order valence-electron chi connectivity index (χ4n) is 13.2. The Bertz CT molecular complexity index is 1950. The van der Waals surface area contributed by atoms with Gasteiger partial charge in [-0.1, -0.05) is 407 Å². The van der Waals surface area contributed by atoms with E-state index < -0.39 is 97.5 Å². The fourth-order valence-corrected chi connectivity index (χ4v) is 14.7. The summed E-state index contributed by atoms with van der Waals surface area (Å²) in [4.78, 5) is 73.2. The van der Waals surface area contributed by atoms with Crippen molar-refractivity contribution in [2.45, 2.75) is 476 Å². The Morgan fingerprint density at radius 3 is 0.573 bits per heavy atom. The van der Waals surface area contributed by atoms with Gasteiger partial charge in [0.2, 0.25) is 0 Å². The molecule has 0 aliphatic rings. The molecular weight excluding hydrogens is 1340 g/mol. The van der Waals surface area contributed by atoms with Gasteiger partial charge in [0, 0.05) is 25.7 Å². The molecule has 0 spiro atoms. The van der Waals surface area contributed by atoms with Crippen molar-refractivity contribution in [1.82, 2.24) is 0 Å². The average molecular weight is 1510 g/mol. The highest BCUT2D eigenvalue weighted by Gasteiger charge is 2.30. The van der Waals surface area contributed by atoms with Crippen LogP contribution in [-0.4, -0.2) is 96.7 Å². The molecule has 0 fully saturated rings. The van der Waals surface area contributed by atoms with Gasteiger partial charge in [0.05, 0.1) is 26.4 Å². The van der Waals surface area contributed by atoms with E-state index in [9.17, 15) is 43.2 Å². The van der Waals surface area contributed by atoms with Crippen molar-refractivity contribution in [3.8, 4) is 0 Å². The lowest BCUT2D eigenvalue weighted by molar-refractivity contribution is -0.161. The minimum Gasteiger partial charge on any atom is -0.462 e. The van der Waals surface area contributed by atoms with Gasteiger partial charge in [-0.05, 0) is 25.7 Å². The normalized spacial score (nSPS) is 13.7. The number of rotatable bonds is 85. The number of phosphoric ester groups is 2. The quantitative estimate of drug-likeness (QED) is 0.0222. The zero-order valence-electron chi connectivity index (χ0n) is 67.3. The maximum atomic E-state index is 13.1. The first-order valence-corrected chi connectivity index (χ1v) is 46.8. The van der Waals surface area contributed by atoms with E-state index in [2.05, 4.69) is 27.7 Å². The molecule has 0 aliphatic carbocycles. The topological polar surface area (TPSA) is 237 Å². The van der Waals surface area contributed by atoms with Crippen molar-refractivity contribution in [2.24, 2.45) is 0 Å². The van der Waals surface area contributed by atoms with Gasteiger partial charge < -0.3 is 33.8 Å². The number of aliphatic hydroxyl groups excluding tert-OH is 1. The monoisotopic (exact) mass is 1510 g/mol. The lowest BCUT2D eigenvalue weighted by Gasteiger charge is -2.21. The molecule has 19 heteroatoms. The lowest BCUT2D eigenvalue weighted by atomic mass is 10.0. The highest BCUT2D eigenvalue weighted by Crippen LogP contribution is 2.45. The number of hydrogen-bond acceptors (Lipinski definition) is 15. The molecule has 0 aromatic carbocycles. The molecule has 0 heterocycles. The van der Waals surface area contributed by atoms with Crippen LogP contribution >= 0.6 is 15.6 Å². The molecule has 103 heavy (non-hydrogen) atoms. The van der Waals surface area contributed by atoms with Gasteiger partial charge in [-0.3, -0.25) is 37.3 Å². The van der Waals surface area contributed by atoms with Crippen molar-refractivity contribution in [2.75, 3.05) is 39.6 Å². The molecule has 5 atom stereocenters. The number of phosphoric acid groups is 2. The first kappa shape index (κ1) is 101. The van der Waals surface area contributed by atoms with E-state index in [1.807, 2.05) is 0 Å². The van der Waals surface area contributed by atoms with Gasteiger partial charge in [-0.15, -0.1) is 0 Å². The highest BCUT2D eigenvalue weighted by atomic mass is 31.2. The zero-order valence-corrected chi connectivity index (χ0v) is 69.1. The van der Waals surface area contributed by atoms with Crippen LogP contribution < -0.4 is 0 Å². The number of ether oxygens (including phenoxy) is 4. The van der Waals surface area contributed by atoms with Gasteiger partial charge in [0.25, 0.3) is 0 Å². The van der Waals surface area contributed by atoms with Crippen molar-refractivity contribution in [1.29, 1.82) is 0 Å². The van der Waals surface area contributed by atoms with Crippen LogP contribution in [0.5, 0.6) is 0 Å². The van der Waals surface area contributed by atoms with Crippen LogP contribution in [0.1, 0.15) is 458 Å². The van der Waals surface area contributed by atoms with Gasteiger partial charge in [-0.2, -0.15) is 0 Å². The van der Waals surface area contributed by atoms with Crippen molar-refractivity contribution >= 4 is 39.5 Å². The highest BCUT2D eigenvalue weighted by molar-refractivity contribution is 7.47. The third-order valence-electron chi connectivity index (χ3n) is 19.9. The standard InChI is InChI=1S/C84H164O17P2/c1-5-9-13-17-21-25-29-32-35-38-41-44-47-51-55-59-63-67-71-84(89)101-80(75-95-82(87)69-65-61-57-53-49-45-42-39-36-33-30-26-22-18-14-10-6-2)77-99-103(92,93)97-73-78(85)72-96-102(90,91)98-76-79(74-94-81(86)68-64-60-56-52-48-28-24-20-16-12-8-4)100-83(88)70-66-62-58-54-50-46-43-40-37-34-31-27-23-19-15-11-7-3/h78-80,85H,5-77H2,1-4H3,(H,90,91)(H,92,93)/t78-,79+,80+/m0/s1. The Morgan fingerprint density at radius 1 is 0.233 bits per heavy atom. The Morgan fingerprint density at radius 2 is 0.388 bits per heavy atom. The van der Waals surface area contributed by atoms with Crippen molar-refractivity contribution in [3.63, 3.8) is 0 Å². The summed E-state index contributed by atoms with van der Waals surface area (Å²) >= 11 is 0. The molecule has 2 unspecified atom stereocenters. The average Bonchev–Trinajstić information content (AvgIpc) is 0.913. The predicted octanol–water partition coefficient (Wildman–Crippen LogP) is 25.7. The van der Waals surface area contributed by atoms with Crippen LogP contribution in [-0.2, 0) is 65.4 Å². The minimum atomic E-state index is -4.96. The van der Waals surface area contributed by atoms with Crippen LogP contribution in [0.2, 0.25) is 0 Å². The maximum Gasteiger partial charge on any atom is 0.472 e. The molecule has 0 bridgehead atoms. The van der Waals surface area contributed by atoms with Gasteiger partial charge >= 0.3 is 39.5 Å². The Hall–Kier alpha value is -1.94. The minimum absolute atomic E-state index is 0.109. The molecule has 612 valence electrons. The van der Waals surface area contributed by atoms with Crippen molar-refractivity contribution in [3.05, 3.63) is 0 Å². The molecule has 0 saturated carbocycles. The Labute approximate surface area is 632 Å². The van der Waals surface area contributed by atoms with Crippen LogP contribution in [0.3, 0.4) is 0 Å². The third-order valence-corrected chi connectivity index (χ3v) is 21.8. The van der Waals surface area contributed by atoms with E-state index in [1.54, 1.807) is 0 Å². The lowest BCUT2D eigenvalue weighted by Crippen LogP contribution is -2.30. The summed E-state index contributed by atoms with van der Waals surface area (Å²) in [7, 11) is -9.92. The molecular formula is C84H164O17P2. The largest absolute Gasteiger partial charge is 0.472 e. The second kappa shape index (κ2) is 78.2. The summed E-state index contributed by atoms with van der Waals surface area (Å²) in [6.07, 6.45) is 72.1. The van der Waals surface area contributed by atoms with Crippen LogP contribution in [0.25, 0.3) is 0 Å². The van der Waals surface area contributed by atoms with Crippen LogP contribution in [0, 0.1) is 0 Å². The number of carbonyl (C=O) groups is 4. The van der Waals surface area contributed by atoms with E-state index in [0.717, 1.165) is 89.9 Å². The Kier molecular flexibility index (Phi) is 76.7. The number of unbranched alkanes of at least 4 members (excludes halogenated alkanes) is 59. The fraction of sp³-hybridized carbons (Fsp3) is 0.952. The molecule has 0 radical (unpaired) electrons. The second-order valence-corrected chi connectivity index (χ2v) is 33.1. The molecule has 0 aromatic heterocycles. The summed E-state index contributed by atoms with van der Waals surface area (Å²) in [6, 6.07) is 0. The van der Waals surface area contributed by atoms with Crippen molar-refractivity contribution < 1.29 is 80.2 Å². The number of hydrogen-bond donors (Lipinski definition) is 3. The van der Waals surface area contributed by atoms with Gasteiger partial charge in [-0.25, -0.2) is 9.13 Å². The zero-order chi connectivity index (χ0) is 75.3. The van der Waals surface area contributed by atoms with E-state index in [1.165, 1.54) is 289 Å². The Balaban J connectivity index is 5.24. The summed E-state index contributed by atoms with van der Waals surface area (Å²) < 4.78 is 68.9. The third kappa shape index (κ3) is 78.0. The predicted molar refractivity (Wildman–Crippen MR) is 423 cm³/mol. The molecule has 0 aliphatic heterocycles. The van der Waals surface area contributed by atoms with E-state index in [0.29, 0.717) is 25.7 Å². The van der Waals surface area contributed by atoms with Crippen LogP contribution in [0.15, 0.2) is 0 Å². The molecule has 0 amide bonds. The summed E-state index contributed by atoms with van der Waals surface area (Å²) in [5, 5.41) is 10.7. The van der Waals surface area contributed by atoms with E-state index in [4.69, 9.17) is 37.0 Å². The smallest absolute Gasteiger partial charge is 0.462 e. The molecule has 0 saturated heterocycles. The SMILES string of the molecule is CCCCCCCCCCCCCCCCCCCCC(=O)O[C@H](COC(=O)CCCCCCCCCCCCCCCCCCC)COP(=O)(O)OC[C@@H](O)COP(=O)(O)OC[C@@H](COC(=O)CCCCCCCCCCCCC)OC(=O)CCCCCCCCCCCCCCCCCCC. The summed E-state index contributed by atoms with van der Waals surface area (Å²) in [5.41, 5.74) is 0. The van der Waals surface area contributed by atoms with Crippen LogP contribution in [0.4, 0.5) is 0 Å². The number of carbonyl (C=O) groups excluding carboxylic acids is 4. The number of aliphatic hydroxyl groups is 1. The van der Waals surface area contributed by atoms with Gasteiger partial charge in [0.15, 0.2) is 12.2 Å². The number of esters is 4.